The molecule has 112 valence electrons. The Bertz CT molecular complexity index is 425. The maximum Gasteiger partial charge on any atom is 0.410 e. The molecule has 0 radical (unpaired) electrons. The summed E-state index contributed by atoms with van der Waals surface area (Å²) in [5, 5.41) is 7.26. The summed E-state index contributed by atoms with van der Waals surface area (Å²) in [7, 11) is 0. The Hall–Kier alpha value is -1.56. The molecule has 1 amide bonds. The SMILES string of the molecule is CC(C)(C)OC(=O)N1CCCC(NCc2ccon2)C1. The minimum atomic E-state index is -0.446. The average molecular weight is 281 g/mol. The molecule has 6 nitrogen and oxygen atoms in total. The normalized spacial score (nSPS) is 19.9. The number of nitrogens with one attached hydrogen (secondary N) is 1. The number of aromatic nitrogens is 1. The maximum absolute atomic E-state index is 12.0. The first kappa shape index (κ1) is 14.8. The molecular weight excluding hydrogens is 258 g/mol. The standard InChI is InChI=1S/C14H23N3O3/c1-14(2,3)20-13(18)17-7-4-5-12(10-17)15-9-11-6-8-19-16-11/h6,8,12,15H,4-5,7,9-10H2,1-3H3. The van der Waals surface area contributed by atoms with Crippen molar-refractivity contribution in [3.05, 3.63) is 18.0 Å². The second kappa shape index (κ2) is 6.26. The van der Waals surface area contributed by atoms with Crippen LogP contribution in [0.15, 0.2) is 16.9 Å². The van der Waals surface area contributed by atoms with E-state index in [-0.39, 0.29) is 12.1 Å². The Morgan fingerprint density at radius 1 is 1.60 bits per heavy atom. The van der Waals surface area contributed by atoms with Gasteiger partial charge in [-0.3, -0.25) is 0 Å². The number of ether oxygens (including phenoxy) is 1. The lowest BCUT2D eigenvalue weighted by Crippen LogP contribution is -2.49. The van der Waals surface area contributed by atoms with E-state index in [9.17, 15) is 4.79 Å². The molecule has 1 aliphatic heterocycles. The number of hydrogen-bond donors (Lipinski definition) is 1. The van der Waals surface area contributed by atoms with Crippen molar-refractivity contribution in [1.29, 1.82) is 0 Å². The van der Waals surface area contributed by atoms with Crippen molar-refractivity contribution in [2.24, 2.45) is 0 Å². The second-order valence-corrected chi connectivity index (χ2v) is 6.14. The number of carbonyl (C=O) groups excluding carboxylic acids is 1. The fourth-order valence-corrected chi connectivity index (χ4v) is 2.21. The fourth-order valence-electron chi connectivity index (χ4n) is 2.21. The van der Waals surface area contributed by atoms with Gasteiger partial charge in [0, 0.05) is 31.7 Å². The maximum atomic E-state index is 12.0. The highest BCUT2D eigenvalue weighted by Gasteiger charge is 2.27. The van der Waals surface area contributed by atoms with Crippen LogP contribution in [0.1, 0.15) is 39.3 Å². The van der Waals surface area contributed by atoms with E-state index in [1.807, 2.05) is 26.8 Å². The predicted octanol–water partition coefficient (Wildman–Crippen LogP) is 2.16. The van der Waals surface area contributed by atoms with Gasteiger partial charge in [-0.2, -0.15) is 0 Å². The Balaban J connectivity index is 1.80. The molecule has 0 spiro atoms. The molecule has 0 aromatic carbocycles. The largest absolute Gasteiger partial charge is 0.444 e. The Morgan fingerprint density at radius 3 is 3.05 bits per heavy atom. The lowest BCUT2D eigenvalue weighted by atomic mass is 10.1. The van der Waals surface area contributed by atoms with E-state index in [2.05, 4.69) is 10.5 Å². The van der Waals surface area contributed by atoms with E-state index in [1.54, 1.807) is 11.2 Å². The summed E-state index contributed by atoms with van der Waals surface area (Å²) in [5.41, 5.74) is 0.428. The van der Waals surface area contributed by atoms with Crippen molar-refractivity contribution in [2.45, 2.75) is 51.8 Å². The fraction of sp³-hybridized carbons (Fsp3) is 0.714. The number of piperidine rings is 1. The van der Waals surface area contributed by atoms with Crippen LogP contribution >= 0.6 is 0 Å². The highest BCUT2D eigenvalue weighted by molar-refractivity contribution is 5.68. The number of amides is 1. The summed E-state index contributed by atoms with van der Waals surface area (Å²) < 4.78 is 10.2. The van der Waals surface area contributed by atoms with Crippen LogP contribution in [-0.2, 0) is 11.3 Å². The molecule has 20 heavy (non-hydrogen) atoms. The molecule has 0 aliphatic carbocycles. The van der Waals surface area contributed by atoms with Gasteiger partial charge in [-0.25, -0.2) is 4.79 Å². The van der Waals surface area contributed by atoms with Crippen molar-refractivity contribution in [1.82, 2.24) is 15.4 Å². The van der Waals surface area contributed by atoms with Gasteiger partial charge in [0.2, 0.25) is 0 Å². The first-order valence-electron chi connectivity index (χ1n) is 7.04. The minimum Gasteiger partial charge on any atom is -0.444 e. The molecule has 1 aromatic heterocycles. The highest BCUT2D eigenvalue weighted by atomic mass is 16.6. The summed E-state index contributed by atoms with van der Waals surface area (Å²) in [6.45, 7) is 7.74. The molecule has 1 saturated heterocycles. The van der Waals surface area contributed by atoms with Gasteiger partial charge in [0.1, 0.15) is 11.9 Å². The average Bonchev–Trinajstić information content (AvgIpc) is 2.88. The molecule has 1 aliphatic rings. The Labute approximate surface area is 119 Å². The van der Waals surface area contributed by atoms with Crippen molar-refractivity contribution in [3.63, 3.8) is 0 Å². The van der Waals surface area contributed by atoms with Crippen LogP contribution in [0.2, 0.25) is 0 Å². The molecule has 6 heteroatoms. The lowest BCUT2D eigenvalue weighted by molar-refractivity contribution is 0.0187. The molecule has 1 atom stereocenters. The van der Waals surface area contributed by atoms with Crippen LogP contribution in [0.5, 0.6) is 0 Å². The third-order valence-corrected chi connectivity index (χ3v) is 3.14. The van der Waals surface area contributed by atoms with Crippen LogP contribution in [0.25, 0.3) is 0 Å². The number of likely N-dealkylation sites (tertiary alicyclic amines) is 1. The molecule has 1 unspecified atom stereocenters. The zero-order chi connectivity index (χ0) is 14.6. The Morgan fingerprint density at radius 2 is 2.40 bits per heavy atom. The molecule has 1 fully saturated rings. The zero-order valence-electron chi connectivity index (χ0n) is 12.4. The quantitative estimate of drug-likeness (QED) is 0.919. The molecule has 0 bridgehead atoms. The second-order valence-electron chi connectivity index (χ2n) is 6.14. The van der Waals surface area contributed by atoms with Gasteiger partial charge in [-0.05, 0) is 33.6 Å². The summed E-state index contributed by atoms with van der Waals surface area (Å²) in [5.74, 6) is 0. The van der Waals surface area contributed by atoms with Gasteiger partial charge in [0.05, 0.1) is 5.69 Å². The van der Waals surface area contributed by atoms with Crippen molar-refractivity contribution >= 4 is 6.09 Å². The minimum absolute atomic E-state index is 0.231. The number of hydrogen-bond acceptors (Lipinski definition) is 5. The zero-order valence-corrected chi connectivity index (χ0v) is 12.4. The van der Waals surface area contributed by atoms with Gasteiger partial charge < -0.3 is 19.5 Å². The van der Waals surface area contributed by atoms with Crippen molar-refractivity contribution in [2.75, 3.05) is 13.1 Å². The number of nitrogens with zero attached hydrogens (tertiary/aromatic N) is 2. The van der Waals surface area contributed by atoms with Crippen LogP contribution in [-0.4, -0.2) is 40.9 Å². The molecular formula is C14H23N3O3. The molecule has 1 N–H and O–H groups in total. The Kier molecular flexibility index (Phi) is 4.65. The van der Waals surface area contributed by atoms with Crippen molar-refractivity contribution < 1.29 is 14.1 Å². The van der Waals surface area contributed by atoms with Crippen LogP contribution in [0, 0.1) is 0 Å². The summed E-state index contributed by atoms with van der Waals surface area (Å²) in [6.07, 6.45) is 3.36. The molecule has 0 saturated carbocycles. The summed E-state index contributed by atoms with van der Waals surface area (Å²) >= 11 is 0. The number of rotatable bonds is 3. The van der Waals surface area contributed by atoms with Gasteiger partial charge in [0.25, 0.3) is 0 Å². The summed E-state index contributed by atoms with van der Waals surface area (Å²) in [6, 6.07) is 2.11. The topological polar surface area (TPSA) is 67.6 Å². The first-order valence-corrected chi connectivity index (χ1v) is 7.04. The molecule has 2 rings (SSSR count). The van der Waals surface area contributed by atoms with E-state index in [1.165, 1.54) is 0 Å². The molecule has 2 heterocycles. The lowest BCUT2D eigenvalue weighted by Gasteiger charge is -2.34. The van der Waals surface area contributed by atoms with E-state index in [0.29, 0.717) is 13.1 Å². The third kappa shape index (κ3) is 4.52. The van der Waals surface area contributed by atoms with Crippen LogP contribution in [0.3, 0.4) is 0 Å². The van der Waals surface area contributed by atoms with Gasteiger partial charge in [-0.15, -0.1) is 0 Å². The van der Waals surface area contributed by atoms with E-state index in [4.69, 9.17) is 9.26 Å². The van der Waals surface area contributed by atoms with Crippen LogP contribution in [0.4, 0.5) is 4.79 Å². The van der Waals surface area contributed by atoms with Crippen molar-refractivity contribution in [3.8, 4) is 0 Å². The highest BCUT2D eigenvalue weighted by Crippen LogP contribution is 2.15. The van der Waals surface area contributed by atoms with Gasteiger partial charge >= 0.3 is 6.09 Å². The van der Waals surface area contributed by atoms with E-state index in [0.717, 1.165) is 25.1 Å². The van der Waals surface area contributed by atoms with E-state index >= 15 is 0 Å². The first-order chi connectivity index (χ1) is 9.44. The number of carbonyl (C=O) groups is 1. The van der Waals surface area contributed by atoms with Gasteiger partial charge in [0.15, 0.2) is 0 Å². The predicted molar refractivity (Wildman–Crippen MR) is 74.2 cm³/mol. The third-order valence-electron chi connectivity index (χ3n) is 3.14. The molecule has 1 aromatic rings. The monoisotopic (exact) mass is 281 g/mol. The smallest absolute Gasteiger partial charge is 0.410 e. The van der Waals surface area contributed by atoms with E-state index < -0.39 is 5.60 Å². The summed E-state index contributed by atoms with van der Waals surface area (Å²) in [4.78, 5) is 13.8. The van der Waals surface area contributed by atoms with Gasteiger partial charge in [-0.1, -0.05) is 5.16 Å². The van der Waals surface area contributed by atoms with Crippen LogP contribution < -0.4 is 5.32 Å².